The minimum atomic E-state index is 0.00139. The summed E-state index contributed by atoms with van der Waals surface area (Å²) in [6.07, 6.45) is 3.27. The highest BCUT2D eigenvalue weighted by atomic mass is 16.1. The number of pyridine rings is 1. The highest BCUT2D eigenvalue weighted by Gasteiger charge is 2.20. The van der Waals surface area contributed by atoms with E-state index in [1.165, 1.54) is 12.8 Å². The van der Waals surface area contributed by atoms with Crippen LogP contribution in [0.2, 0.25) is 0 Å². The molecular formula is C19H27N3O. The molecule has 0 spiro atoms. The molecule has 2 rings (SSSR count). The Balaban J connectivity index is 1.83. The molecule has 1 aliphatic heterocycles. The normalized spacial score (nSPS) is 18.1. The molecule has 1 aromatic heterocycles. The molecule has 2 heterocycles. The molecule has 1 aliphatic rings. The number of rotatable bonds is 4. The van der Waals surface area contributed by atoms with Crippen molar-refractivity contribution in [3.05, 3.63) is 29.1 Å². The van der Waals surface area contributed by atoms with Crippen LogP contribution in [0.1, 0.15) is 47.9 Å². The quantitative estimate of drug-likeness (QED) is 0.869. The lowest BCUT2D eigenvalue weighted by atomic mass is 9.98. The third kappa shape index (κ3) is 5.69. The van der Waals surface area contributed by atoms with E-state index < -0.39 is 0 Å². The molecule has 1 unspecified atom stereocenters. The summed E-state index contributed by atoms with van der Waals surface area (Å²) in [5.74, 6) is 6.85. The first-order chi connectivity index (χ1) is 11.1. The van der Waals surface area contributed by atoms with Gasteiger partial charge in [0.15, 0.2) is 0 Å². The lowest BCUT2D eigenvalue weighted by molar-refractivity contribution is 0.0934. The number of likely N-dealkylation sites (tertiary alicyclic amines) is 1. The predicted molar refractivity (Wildman–Crippen MR) is 93.3 cm³/mol. The lowest BCUT2D eigenvalue weighted by Crippen LogP contribution is -2.41. The molecule has 0 radical (unpaired) electrons. The fourth-order valence-electron chi connectivity index (χ4n) is 3.06. The minimum absolute atomic E-state index is 0.00139. The Kier molecular flexibility index (Phi) is 6.61. The number of amides is 1. The van der Waals surface area contributed by atoms with Gasteiger partial charge in [0.25, 0.3) is 5.91 Å². The van der Waals surface area contributed by atoms with E-state index in [1.54, 1.807) is 0 Å². The van der Waals surface area contributed by atoms with E-state index in [2.05, 4.69) is 34.0 Å². The van der Waals surface area contributed by atoms with Crippen molar-refractivity contribution >= 4 is 5.91 Å². The van der Waals surface area contributed by atoms with E-state index in [-0.39, 0.29) is 5.91 Å². The molecule has 0 aromatic carbocycles. The number of aromatic nitrogens is 1. The van der Waals surface area contributed by atoms with Crippen molar-refractivity contribution in [3.8, 4) is 11.8 Å². The summed E-state index contributed by atoms with van der Waals surface area (Å²) >= 11 is 0. The Bertz CT molecular complexity index is 580. The van der Waals surface area contributed by atoms with Gasteiger partial charge in [0.1, 0.15) is 0 Å². The maximum atomic E-state index is 12.3. The Hall–Kier alpha value is -1.86. The Morgan fingerprint density at radius 1 is 1.35 bits per heavy atom. The van der Waals surface area contributed by atoms with Gasteiger partial charge in [0, 0.05) is 36.5 Å². The summed E-state index contributed by atoms with van der Waals surface area (Å²) in [5, 5.41) is 3.08. The fraction of sp³-hybridized carbons (Fsp3) is 0.579. The van der Waals surface area contributed by atoms with Gasteiger partial charge in [-0.3, -0.25) is 14.7 Å². The highest BCUT2D eigenvalue weighted by molar-refractivity contribution is 5.94. The molecule has 1 aromatic rings. The van der Waals surface area contributed by atoms with Crippen molar-refractivity contribution in [2.75, 3.05) is 26.2 Å². The Morgan fingerprint density at radius 2 is 2.09 bits per heavy atom. The summed E-state index contributed by atoms with van der Waals surface area (Å²) in [6.45, 7) is 9.63. The number of piperidine rings is 1. The van der Waals surface area contributed by atoms with E-state index in [0.717, 1.165) is 44.0 Å². The first-order valence-electron chi connectivity index (χ1n) is 8.50. The zero-order chi connectivity index (χ0) is 16.7. The SMILES string of the molecule is CCC#CCN1CCCC(CNC(=O)c2cc(C)nc(C)c2)C1. The number of nitrogens with one attached hydrogen (secondary N) is 1. The van der Waals surface area contributed by atoms with Gasteiger partial charge in [0.2, 0.25) is 0 Å². The average Bonchev–Trinajstić information content (AvgIpc) is 2.52. The van der Waals surface area contributed by atoms with Crippen LogP contribution < -0.4 is 5.32 Å². The second-order valence-electron chi connectivity index (χ2n) is 6.30. The molecule has 1 amide bonds. The molecule has 0 aliphatic carbocycles. The summed E-state index contributed by atoms with van der Waals surface area (Å²) in [6, 6.07) is 3.69. The van der Waals surface area contributed by atoms with Crippen LogP contribution >= 0.6 is 0 Å². The van der Waals surface area contributed by atoms with Crippen LogP contribution in [0.15, 0.2) is 12.1 Å². The first kappa shape index (κ1) is 17.5. The third-order valence-corrected chi connectivity index (χ3v) is 4.10. The van der Waals surface area contributed by atoms with Crippen molar-refractivity contribution in [2.45, 2.75) is 40.0 Å². The second kappa shape index (κ2) is 8.69. The van der Waals surface area contributed by atoms with Gasteiger partial charge in [-0.05, 0) is 51.3 Å². The predicted octanol–water partition coefficient (Wildman–Crippen LogP) is 2.55. The molecule has 1 N–H and O–H groups in total. The van der Waals surface area contributed by atoms with E-state index in [1.807, 2.05) is 26.0 Å². The molecule has 0 bridgehead atoms. The first-order valence-corrected chi connectivity index (χ1v) is 8.50. The van der Waals surface area contributed by atoms with E-state index in [4.69, 9.17) is 0 Å². The Labute approximate surface area is 139 Å². The van der Waals surface area contributed by atoms with Crippen molar-refractivity contribution in [1.82, 2.24) is 15.2 Å². The van der Waals surface area contributed by atoms with Crippen LogP contribution in [-0.4, -0.2) is 42.0 Å². The van der Waals surface area contributed by atoms with Crippen molar-refractivity contribution < 1.29 is 4.79 Å². The summed E-state index contributed by atoms with van der Waals surface area (Å²) in [7, 11) is 0. The van der Waals surface area contributed by atoms with Gasteiger partial charge in [-0.1, -0.05) is 12.8 Å². The monoisotopic (exact) mass is 313 g/mol. The molecule has 4 nitrogen and oxygen atoms in total. The molecular weight excluding hydrogens is 286 g/mol. The average molecular weight is 313 g/mol. The number of carbonyl (C=O) groups is 1. The topological polar surface area (TPSA) is 45.2 Å². The van der Waals surface area contributed by atoms with Gasteiger partial charge >= 0.3 is 0 Å². The van der Waals surface area contributed by atoms with Crippen LogP contribution in [-0.2, 0) is 0 Å². The standard InChI is InChI=1S/C19H27N3O/c1-4-5-6-9-22-10-7-8-17(14-22)13-20-19(23)18-11-15(2)21-16(3)12-18/h11-12,17H,4,7-10,13-14H2,1-3H3,(H,20,23). The summed E-state index contributed by atoms with van der Waals surface area (Å²) in [5.41, 5.74) is 2.47. The fourth-order valence-corrected chi connectivity index (χ4v) is 3.06. The maximum absolute atomic E-state index is 12.3. The molecule has 124 valence electrons. The zero-order valence-corrected chi connectivity index (χ0v) is 14.5. The molecule has 1 saturated heterocycles. The van der Waals surface area contributed by atoms with Crippen LogP contribution in [0.3, 0.4) is 0 Å². The molecule has 1 atom stereocenters. The van der Waals surface area contributed by atoms with Crippen molar-refractivity contribution in [3.63, 3.8) is 0 Å². The summed E-state index contributed by atoms with van der Waals surface area (Å²) < 4.78 is 0. The largest absolute Gasteiger partial charge is 0.352 e. The van der Waals surface area contributed by atoms with E-state index in [0.29, 0.717) is 11.5 Å². The number of hydrogen-bond acceptors (Lipinski definition) is 3. The zero-order valence-electron chi connectivity index (χ0n) is 14.5. The van der Waals surface area contributed by atoms with Gasteiger partial charge in [-0.15, -0.1) is 5.92 Å². The van der Waals surface area contributed by atoms with Gasteiger partial charge < -0.3 is 5.32 Å². The van der Waals surface area contributed by atoms with Gasteiger partial charge in [-0.2, -0.15) is 0 Å². The minimum Gasteiger partial charge on any atom is -0.352 e. The Morgan fingerprint density at radius 3 is 2.78 bits per heavy atom. The number of aryl methyl sites for hydroxylation is 2. The van der Waals surface area contributed by atoms with Crippen LogP contribution in [0.25, 0.3) is 0 Å². The number of nitrogens with zero attached hydrogens (tertiary/aromatic N) is 2. The molecule has 23 heavy (non-hydrogen) atoms. The number of hydrogen-bond donors (Lipinski definition) is 1. The molecule has 4 heteroatoms. The van der Waals surface area contributed by atoms with Crippen LogP contribution in [0.5, 0.6) is 0 Å². The smallest absolute Gasteiger partial charge is 0.251 e. The van der Waals surface area contributed by atoms with E-state index in [9.17, 15) is 4.79 Å². The summed E-state index contributed by atoms with van der Waals surface area (Å²) in [4.78, 5) is 19.0. The third-order valence-electron chi connectivity index (χ3n) is 4.10. The van der Waals surface area contributed by atoms with Gasteiger partial charge in [-0.25, -0.2) is 0 Å². The highest BCUT2D eigenvalue weighted by Crippen LogP contribution is 2.15. The van der Waals surface area contributed by atoms with Crippen LogP contribution in [0.4, 0.5) is 0 Å². The number of carbonyl (C=O) groups excluding carboxylic acids is 1. The van der Waals surface area contributed by atoms with E-state index >= 15 is 0 Å². The van der Waals surface area contributed by atoms with Crippen LogP contribution in [0, 0.1) is 31.6 Å². The van der Waals surface area contributed by atoms with Gasteiger partial charge in [0.05, 0.1) is 6.54 Å². The van der Waals surface area contributed by atoms with Crippen molar-refractivity contribution in [1.29, 1.82) is 0 Å². The maximum Gasteiger partial charge on any atom is 0.251 e. The molecule has 1 fully saturated rings. The molecule has 0 saturated carbocycles. The second-order valence-corrected chi connectivity index (χ2v) is 6.30. The lowest BCUT2D eigenvalue weighted by Gasteiger charge is -2.31. The van der Waals surface area contributed by atoms with Crippen molar-refractivity contribution in [2.24, 2.45) is 5.92 Å².